The fourth-order valence-corrected chi connectivity index (χ4v) is 2.33. The van der Waals surface area contributed by atoms with Crippen molar-refractivity contribution >= 4 is 17.6 Å². The first-order valence-corrected chi connectivity index (χ1v) is 8.30. The van der Waals surface area contributed by atoms with E-state index < -0.39 is 5.56 Å². The summed E-state index contributed by atoms with van der Waals surface area (Å²) in [5.74, 6) is 0.431. The average Bonchev–Trinajstić information content (AvgIpc) is 2.65. The second-order valence-corrected chi connectivity index (χ2v) is 5.90. The zero-order valence-corrected chi connectivity index (χ0v) is 15.0. The lowest BCUT2D eigenvalue weighted by Gasteiger charge is -2.10. The minimum Gasteiger partial charge on any atom is -0.497 e. The first-order chi connectivity index (χ1) is 12.1. The lowest BCUT2D eigenvalue weighted by atomic mass is 10.2. The number of esters is 1. The molecule has 25 heavy (non-hydrogen) atoms. The first kappa shape index (κ1) is 19.0. The molecule has 0 aliphatic carbocycles. The monoisotopic (exact) mass is 360 g/mol. The molecule has 1 atom stereocenters. The molecule has 5 heteroatoms. The summed E-state index contributed by atoms with van der Waals surface area (Å²) in [6, 6.07) is 16.4. The van der Waals surface area contributed by atoms with Gasteiger partial charge in [0.2, 0.25) is 0 Å². The molecule has 4 nitrogen and oxygen atoms in total. The molecule has 0 spiro atoms. The van der Waals surface area contributed by atoms with Gasteiger partial charge in [0.05, 0.1) is 19.3 Å². The maximum atomic E-state index is 11.9. The highest BCUT2D eigenvalue weighted by Crippen LogP contribution is 2.14. The Balaban J connectivity index is 1.77. The van der Waals surface area contributed by atoms with Crippen LogP contribution in [0.1, 0.15) is 22.8 Å². The number of alkyl halides is 1. The molecule has 0 bridgehead atoms. The molecule has 0 N–H and O–H groups in total. The number of carbonyl (C=O) groups excluding carboxylic acids is 1. The molecular weight excluding hydrogens is 340 g/mol. The summed E-state index contributed by atoms with van der Waals surface area (Å²) in [5.41, 5.74) is 1.73. The third kappa shape index (κ3) is 6.61. The van der Waals surface area contributed by atoms with Crippen molar-refractivity contribution in [3.8, 4) is 5.75 Å². The van der Waals surface area contributed by atoms with Gasteiger partial charge in [-0.3, -0.25) is 0 Å². The number of ether oxygens (including phenoxy) is 3. The molecule has 0 fully saturated rings. The third-order valence-electron chi connectivity index (χ3n) is 3.42. The summed E-state index contributed by atoms with van der Waals surface area (Å²) in [6.45, 7) is 2.39. The number of rotatable bonds is 8. The second kappa shape index (κ2) is 9.87. The van der Waals surface area contributed by atoms with Gasteiger partial charge in [-0.2, -0.15) is 0 Å². The number of halogens is 1. The van der Waals surface area contributed by atoms with E-state index >= 15 is 0 Å². The second-order valence-electron chi connectivity index (χ2n) is 5.47. The average molecular weight is 361 g/mol. The number of benzene rings is 2. The molecule has 2 aromatic rings. The number of hydrogen-bond donors (Lipinski definition) is 0. The molecule has 0 amide bonds. The highest BCUT2D eigenvalue weighted by atomic mass is 35.5. The molecule has 2 aromatic carbocycles. The fraction of sp³-hybridized carbons (Fsp3) is 0.250. The van der Waals surface area contributed by atoms with E-state index in [2.05, 4.69) is 0 Å². The Morgan fingerprint density at radius 2 is 1.80 bits per heavy atom. The van der Waals surface area contributed by atoms with E-state index in [1.807, 2.05) is 37.3 Å². The van der Waals surface area contributed by atoms with Crippen molar-refractivity contribution in [1.82, 2.24) is 0 Å². The Bertz CT molecular complexity index is 695. The van der Waals surface area contributed by atoms with Crippen LogP contribution in [0.25, 0.3) is 0 Å². The highest BCUT2D eigenvalue weighted by molar-refractivity contribution is 6.20. The molecule has 1 unspecified atom stereocenters. The van der Waals surface area contributed by atoms with Crippen LogP contribution in [0.2, 0.25) is 0 Å². The van der Waals surface area contributed by atoms with Crippen molar-refractivity contribution in [2.75, 3.05) is 13.7 Å². The van der Waals surface area contributed by atoms with Crippen molar-refractivity contribution in [2.45, 2.75) is 19.1 Å². The molecule has 132 valence electrons. The number of hydrogen-bond acceptors (Lipinski definition) is 4. The van der Waals surface area contributed by atoms with Crippen LogP contribution in [0.15, 0.2) is 66.2 Å². The summed E-state index contributed by atoms with van der Waals surface area (Å²) < 4.78 is 15.9. The van der Waals surface area contributed by atoms with Crippen LogP contribution < -0.4 is 4.74 Å². The summed E-state index contributed by atoms with van der Waals surface area (Å²) in [4.78, 5) is 11.9. The Kier molecular flexibility index (Phi) is 7.51. The van der Waals surface area contributed by atoms with E-state index in [9.17, 15) is 4.79 Å². The highest BCUT2D eigenvalue weighted by Gasteiger charge is 2.07. The van der Waals surface area contributed by atoms with Gasteiger partial charge in [0.15, 0.2) is 5.56 Å². The van der Waals surface area contributed by atoms with Gasteiger partial charge in [-0.05, 0) is 48.4 Å². The van der Waals surface area contributed by atoms with Gasteiger partial charge in [0.25, 0.3) is 0 Å². The Hall–Kier alpha value is -2.30. The number of methoxy groups -OCH3 is 1. The van der Waals surface area contributed by atoms with E-state index in [1.54, 1.807) is 37.5 Å². The van der Waals surface area contributed by atoms with E-state index in [-0.39, 0.29) is 12.6 Å². The van der Waals surface area contributed by atoms with Gasteiger partial charge in [-0.1, -0.05) is 41.9 Å². The standard InChI is InChI=1S/C20H21ClO4/c1-15(13-25-20(22)17-6-4-3-5-7-17)12-19(21)24-14-16-8-10-18(23-2)11-9-16/h3-12,19H,13-14H2,1-2H3/b15-12+. The van der Waals surface area contributed by atoms with Gasteiger partial charge < -0.3 is 14.2 Å². The lowest BCUT2D eigenvalue weighted by molar-refractivity contribution is 0.0537. The predicted molar refractivity (Wildman–Crippen MR) is 97.9 cm³/mol. The molecule has 0 aromatic heterocycles. The SMILES string of the molecule is COc1ccc(COC(Cl)/C=C(\C)COC(=O)c2ccccc2)cc1. The van der Waals surface area contributed by atoms with E-state index in [4.69, 9.17) is 25.8 Å². The molecule has 0 heterocycles. The topological polar surface area (TPSA) is 44.8 Å². The first-order valence-electron chi connectivity index (χ1n) is 7.86. The van der Waals surface area contributed by atoms with Crippen molar-refractivity contribution in [1.29, 1.82) is 0 Å². The van der Waals surface area contributed by atoms with Crippen LogP contribution in [-0.2, 0) is 16.1 Å². The smallest absolute Gasteiger partial charge is 0.338 e. The maximum absolute atomic E-state index is 11.9. The third-order valence-corrected chi connectivity index (χ3v) is 3.68. The number of carbonyl (C=O) groups is 1. The Labute approximate surface area is 153 Å². The van der Waals surface area contributed by atoms with Gasteiger partial charge >= 0.3 is 5.97 Å². The zero-order chi connectivity index (χ0) is 18.1. The van der Waals surface area contributed by atoms with Gasteiger partial charge in [-0.15, -0.1) is 0 Å². The van der Waals surface area contributed by atoms with E-state index in [1.165, 1.54) is 0 Å². The van der Waals surface area contributed by atoms with Crippen LogP contribution in [0.5, 0.6) is 5.75 Å². The van der Waals surface area contributed by atoms with Crippen molar-refractivity contribution < 1.29 is 19.0 Å². The molecule has 0 radical (unpaired) electrons. The van der Waals surface area contributed by atoms with Crippen molar-refractivity contribution in [3.63, 3.8) is 0 Å². The summed E-state index contributed by atoms with van der Waals surface area (Å²) in [5, 5.41) is 0. The van der Waals surface area contributed by atoms with Crippen molar-refractivity contribution in [2.24, 2.45) is 0 Å². The molecule has 0 aliphatic heterocycles. The fourth-order valence-electron chi connectivity index (χ4n) is 2.05. The van der Waals surface area contributed by atoms with Crippen LogP contribution >= 0.6 is 11.6 Å². The molecule has 0 aliphatic rings. The molecule has 0 saturated heterocycles. The van der Waals surface area contributed by atoms with E-state index in [0.717, 1.165) is 16.9 Å². The van der Waals surface area contributed by atoms with E-state index in [0.29, 0.717) is 12.2 Å². The van der Waals surface area contributed by atoms with Crippen molar-refractivity contribution in [3.05, 3.63) is 77.4 Å². The van der Waals surface area contributed by atoms with Crippen LogP contribution in [0, 0.1) is 0 Å². The predicted octanol–water partition coefficient (Wildman–Crippen LogP) is 4.58. The van der Waals surface area contributed by atoms with Crippen LogP contribution in [-0.4, -0.2) is 25.2 Å². The van der Waals surface area contributed by atoms with Crippen LogP contribution in [0.3, 0.4) is 0 Å². The van der Waals surface area contributed by atoms with Gasteiger partial charge in [0.1, 0.15) is 12.4 Å². The Morgan fingerprint density at radius 1 is 1.12 bits per heavy atom. The minimum absolute atomic E-state index is 0.169. The lowest BCUT2D eigenvalue weighted by Crippen LogP contribution is -2.09. The zero-order valence-electron chi connectivity index (χ0n) is 14.3. The maximum Gasteiger partial charge on any atom is 0.338 e. The van der Waals surface area contributed by atoms with Crippen LogP contribution in [0.4, 0.5) is 0 Å². The summed E-state index contributed by atoms with van der Waals surface area (Å²) in [6.07, 6.45) is 1.73. The molecular formula is C20H21ClO4. The normalized spacial score (nSPS) is 12.5. The molecule has 2 rings (SSSR count). The molecule has 0 saturated carbocycles. The summed E-state index contributed by atoms with van der Waals surface area (Å²) >= 11 is 6.15. The largest absolute Gasteiger partial charge is 0.497 e. The quantitative estimate of drug-likeness (QED) is 0.392. The minimum atomic E-state index is -0.600. The Morgan fingerprint density at radius 3 is 2.44 bits per heavy atom. The summed E-state index contributed by atoms with van der Waals surface area (Å²) in [7, 11) is 1.62. The van der Waals surface area contributed by atoms with Gasteiger partial charge in [-0.25, -0.2) is 4.79 Å². The van der Waals surface area contributed by atoms with Gasteiger partial charge in [0, 0.05) is 0 Å².